The van der Waals surface area contributed by atoms with E-state index in [1.54, 1.807) is 24.8 Å². The number of β-amino-alcohol motifs (C(OH)–C–C–N with tert-alkyl or cyclic N) is 1. The van der Waals surface area contributed by atoms with Crippen LogP contribution in [0.25, 0.3) is 0 Å². The summed E-state index contributed by atoms with van der Waals surface area (Å²) in [5.74, 6) is 1.65. The first-order valence-electron chi connectivity index (χ1n) is 10.6. The number of piperidine rings is 1. The number of aliphatic hydroxyl groups is 1. The fourth-order valence-electron chi connectivity index (χ4n) is 4.09. The summed E-state index contributed by atoms with van der Waals surface area (Å²) >= 11 is 0. The highest BCUT2D eigenvalue weighted by Crippen LogP contribution is 2.25. The van der Waals surface area contributed by atoms with Crippen LogP contribution < -0.4 is 9.64 Å². The molecule has 0 saturated carbocycles. The maximum absolute atomic E-state index is 11.2. The third-order valence-corrected chi connectivity index (χ3v) is 5.48. The second kappa shape index (κ2) is 9.85. The summed E-state index contributed by atoms with van der Waals surface area (Å²) < 4.78 is 5.81. The number of likely N-dealkylation sites (N-methyl/N-ethyl adjacent to an activating group) is 1. The van der Waals surface area contributed by atoms with Crippen molar-refractivity contribution >= 4 is 5.82 Å². The number of rotatable bonds is 8. The molecule has 0 aliphatic carbocycles. The third-order valence-electron chi connectivity index (χ3n) is 5.48. The van der Waals surface area contributed by atoms with Gasteiger partial charge in [-0.05, 0) is 49.7 Å². The molecule has 1 aliphatic heterocycles. The fourth-order valence-corrected chi connectivity index (χ4v) is 4.09. The quantitative estimate of drug-likeness (QED) is 0.602. The number of benzene rings is 1. The standard InChI is InChI=1S/C24H29N5O2/c1-28(18-24(30)10-4-14-29(19-24)23-15-25-12-13-27-23)16-20-6-8-22(9-7-20)31-17-21-5-2-3-11-26-21/h2-3,5-9,11-13,15,30H,4,10,14,16-19H2,1H3. The smallest absolute Gasteiger partial charge is 0.147 e. The Labute approximate surface area is 183 Å². The van der Waals surface area contributed by atoms with Gasteiger partial charge in [0.1, 0.15) is 18.2 Å². The highest BCUT2D eigenvalue weighted by Gasteiger charge is 2.34. The van der Waals surface area contributed by atoms with Crippen molar-refractivity contribution in [1.82, 2.24) is 19.9 Å². The molecule has 7 nitrogen and oxygen atoms in total. The Morgan fingerprint density at radius 3 is 2.71 bits per heavy atom. The molecule has 0 amide bonds. The molecular weight excluding hydrogens is 390 g/mol. The average Bonchev–Trinajstić information content (AvgIpc) is 2.79. The van der Waals surface area contributed by atoms with Crippen LogP contribution in [0.2, 0.25) is 0 Å². The van der Waals surface area contributed by atoms with Crippen LogP contribution in [0.4, 0.5) is 5.82 Å². The van der Waals surface area contributed by atoms with Crippen LogP contribution in [0.5, 0.6) is 5.75 Å². The summed E-state index contributed by atoms with van der Waals surface area (Å²) in [5, 5.41) is 11.2. The van der Waals surface area contributed by atoms with Crippen LogP contribution in [0, 0.1) is 0 Å². The molecule has 3 heterocycles. The van der Waals surface area contributed by atoms with Gasteiger partial charge in [0.25, 0.3) is 0 Å². The van der Waals surface area contributed by atoms with Gasteiger partial charge in [-0.25, -0.2) is 4.98 Å². The molecule has 1 saturated heterocycles. The molecule has 2 aromatic heterocycles. The number of pyridine rings is 1. The Balaban J connectivity index is 1.29. The molecule has 3 aromatic rings. The highest BCUT2D eigenvalue weighted by atomic mass is 16.5. The van der Waals surface area contributed by atoms with E-state index in [0.29, 0.717) is 19.7 Å². The van der Waals surface area contributed by atoms with Crippen molar-refractivity contribution in [3.05, 3.63) is 78.5 Å². The van der Waals surface area contributed by atoms with Crippen molar-refractivity contribution in [2.24, 2.45) is 0 Å². The second-order valence-electron chi connectivity index (χ2n) is 8.24. The van der Waals surface area contributed by atoms with Crippen LogP contribution in [-0.4, -0.2) is 57.2 Å². The highest BCUT2D eigenvalue weighted by molar-refractivity contribution is 5.36. The molecule has 162 valence electrons. The van der Waals surface area contributed by atoms with Crippen LogP contribution in [0.1, 0.15) is 24.1 Å². The summed E-state index contributed by atoms with van der Waals surface area (Å²) in [5.41, 5.74) is 1.32. The van der Waals surface area contributed by atoms with Gasteiger partial charge < -0.3 is 14.7 Å². The van der Waals surface area contributed by atoms with Gasteiger partial charge in [0.15, 0.2) is 0 Å². The van der Waals surface area contributed by atoms with E-state index in [1.165, 1.54) is 5.56 Å². The zero-order valence-corrected chi connectivity index (χ0v) is 17.9. The normalized spacial score (nSPS) is 18.9. The van der Waals surface area contributed by atoms with Gasteiger partial charge >= 0.3 is 0 Å². The van der Waals surface area contributed by atoms with Gasteiger partial charge in [0.2, 0.25) is 0 Å². The predicted molar refractivity (Wildman–Crippen MR) is 120 cm³/mol. The summed E-state index contributed by atoms with van der Waals surface area (Å²) in [6.45, 7) is 3.27. The lowest BCUT2D eigenvalue weighted by molar-refractivity contribution is -0.00349. The van der Waals surface area contributed by atoms with E-state index in [2.05, 4.69) is 36.9 Å². The number of anilines is 1. The average molecular weight is 420 g/mol. The van der Waals surface area contributed by atoms with Gasteiger partial charge in [-0.3, -0.25) is 14.9 Å². The van der Waals surface area contributed by atoms with Crippen molar-refractivity contribution < 1.29 is 9.84 Å². The van der Waals surface area contributed by atoms with Gasteiger partial charge in [0, 0.05) is 44.8 Å². The van der Waals surface area contributed by atoms with Gasteiger partial charge in [-0.15, -0.1) is 0 Å². The molecule has 7 heteroatoms. The van der Waals surface area contributed by atoms with Crippen LogP contribution >= 0.6 is 0 Å². The summed E-state index contributed by atoms with van der Waals surface area (Å²) in [4.78, 5) is 17.1. The van der Waals surface area contributed by atoms with Crippen LogP contribution in [-0.2, 0) is 13.2 Å². The monoisotopic (exact) mass is 419 g/mol. The number of aromatic nitrogens is 3. The molecule has 1 unspecified atom stereocenters. The topological polar surface area (TPSA) is 74.6 Å². The molecule has 1 atom stereocenters. The van der Waals surface area contributed by atoms with E-state index in [1.807, 2.05) is 37.4 Å². The fraction of sp³-hybridized carbons (Fsp3) is 0.375. The van der Waals surface area contributed by atoms with E-state index in [0.717, 1.165) is 43.2 Å². The minimum absolute atomic E-state index is 0.454. The summed E-state index contributed by atoms with van der Waals surface area (Å²) in [6, 6.07) is 13.9. The largest absolute Gasteiger partial charge is 0.487 e. The molecule has 0 spiro atoms. The maximum atomic E-state index is 11.2. The number of hydrogen-bond acceptors (Lipinski definition) is 7. The van der Waals surface area contributed by atoms with E-state index >= 15 is 0 Å². The molecule has 0 radical (unpaired) electrons. The predicted octanol–water partition coefficient (Wildman–Crippen LogP) is 2.91. The summed E-state index contributed by atoms with van der Waals surface area (Å²) in [7, 11) is 2.05. The lowest BCUT2D eigenvalue weighted by Crippen LogP contribution is -2.54. The molecule has 1 fully saturated rings. The molecule has 4 rings (SSSR count). The minimum Gasteiger partial charge on any atom is -0.487 e. The molecule has 31 heavy (non-hydrogen) atoms. The first kappa shape index (κ1) is 21.2. The third kappa shape index (κ3) is 5.99. The van der Waals surface area contributed by atoms with Gasteiger partial charge in [-0.1, -0.05) is 18.2 Å². The van der Waals surface area contributed by atoms with Crippen molar-refractivity contribution in [2.45, 2.75) is 31.6 Å². The SMILES string of the molecule is CN(Cc1ccc(OCc2ccccn2)cc1)CC1(O)CCCN(c2cnccn2)C1. The Kier molecular flexibility index (Phi) is 6.74. The summed E-state index contributed by atoms with van der Waals surface area (Å²) in [6.07, 6.45) is 8.61. The first-order valence-corrected chi connectivity index (χ1v) is 10.6. The van der Waals surface area contributed by atoms with E-state index in [4.69, 9.17) is 4.74 Å². The van der Waals surface area contributed by atoms with Crippen molar-refractivity contribution in [1.29, 1.82) is 0 Å². The Morgan fingerprint density at radius 2 is 1.97 bits per heavy atom. The zero-order valence-electron chi connectivity index (χ0n) is 17.9. The second-order valence-corrected chi connectivity index (χ2v) is 8.24. The van der Waals surface area contributed by atoms with Crippen molar-refractivity contribution in [3.8, 4) is 5.75 Å². The Bertz CT molecular complexity index is 939. The van der Waals surface area contributed by atoms with E-state index in [9.17, 15) is 5.11 Å². The number of hydrogen-bond donors (Lipinski definition) is 1. The minimum atomic E-state index is -0.768. The van der Waals surface area contributed by atoms with E-state index in [-0.39, 0.29) is 0 Å². The van der Waals surface area contributed by atoms with Crippen LogP contribution in [0.15, 0.2) is 67.3 Å². The molecule has 0 bridgehead atoms. The molecule has 1 aromatic carbocycles. The lowest BCUT2D eigenvalue weighted by Gasteiger charge is -2.41. The number of ether oxygens (including phenoxy) is 1. The molecule has 1 aliphatic rings. The Morgan fingerprint density at radius 1 is 1.10 bits per heavy atom. The molecule has 1 N–H and O–H groups in total. The Hall–Kier alpha value is -3.03. The van der Waals surface area contributed by atoms with Gasteiger partial charge in [-0.2, -0.15) is 0 Å². The van der Waals surface area contributed by atoms with Crippen molar-refractivity contribution in [3.63, 3.8) is 0 Å². The van der Waals surface area contributed by atoms with E-state index < -0.39 is 5.60 Å². The first-order chi connectivity index (χ1) is 15.1. The van der Waals surface area contributed by atoms with Gasteiger partial charge in [0.05, 0.1) is 17.5 Å². The van der Waals surface area contributed by atoms with Crippen molar-refractivity contribution in [2.75, 3.05) is 31.6 Å². The maximum Gasteiger partial charge on any atom is 0.147 e. The van der Waals surface area contributed by atoms with Crippen LogP contribution in [0.3, 0.4) is 0 Å². The molecular formula is C24H29N5O2. The zero-order chi connectivity index (χ0) is 21.5. The number of nitrogens with zero attached hydrogens (tertiary/aromatic N) is 5. The lowest BCUT2D eigenvalue weighted by atomic mass is 9.92.